The van der Waals surface area contributed by atoms with Crippen LogP contribution in [0.5, 0.6) is 0 Å². The fourth-order valence-corrected chi connectivity index (χ4v) is 6.37. The lowest BCUT2D eigenvalue weighted by Crippen LogP contribution is -2.59. The number of benzene rings is 1. The molecule has 0 unspecified atom stereocenters. The second-order valence-electron chi connectivity index (χ2n) is 12.8. The Morgan fingerprint density at radius 1 is 1.04 bits per heavy atom. The molecule has 0 bridgehead atoms. The molecule has 46 heavy (non-hydrogen) atoms. The van der Waals surface area contributed by atoms with Crippen LogP contribution in [0.1, 0.15) is 100 Å². The van der Waals surface area contributed by atoms with Crippen LogP contribution < -0.4 is 16.0 Å². The Hall–Kier alpha value is -3.87. The van der Waals surface area contributed by atoms with Crippen molar-refractivity contribution >= 4 is 29.3 Å². The summed E-state index contributed by atoms with van der Waals surface area (Å²) in [5.41, 5.74) is -0.502. The standard InChI is InChI=1S/C33H48FN7O5/c1-6-25-29(39-46-38-25)30(43)37-33(4,23-12-10-8-9-11-13-23)32(45)35-26-15-14-22(20-24(26)34)21(3)28(36-27(42)7-2)31(44)41-18-16-40(5)17-19-41/h14-15,20-21,23,28H,6-13,16-19H2,1-5H3,(H,35,45)(H,36,42)(H,37,43)/t21-,28+,33+/m0/s1. The first kappa shape index (κ1) is 35.0. The van der Waals surface area contributed by atoms with Crippen molar-refractivity contribution in [2.24, 2.45) is 5.92 Å². The number of likely N-dealkylation sites (N-methyl/N-ethyl adjacent to an activating group) is 1. The van der Waals surface area contributed by atoms with Gasteiger partial charge in [-0.1, -0.05) is 57.7 Å². The van der Waals surface area contributed by atoms with Crippen LogP contribution in [0.4, 0.5) is 10.1 Å². The van der Waals surface area contributed by atoms with E-state index in [9.17, 15) is 19.2 Å². The van der Waals surface area contributed by atoms with Gasteiger partial charge in [0.05, 0.1) is 5.69 Å². The van der Waals surface area contributed by atoms with Crippen molar-refractivity contribution < 1.29 is 28.2 Å². The highest BCUT2D eigenvalue weighted by molar-refractivity contribution is 6.03. The van der Waals surface area contributed by atoms with E-state index in [-0.39, 0.29) is 35.5 Å². The molecule has 3 N–H and O–H groups in total. The number of amides is 4. The number of hydrogen-bond acceptors (Lipinski definition) is 8. The minimum atomic E-state index is -1.37. The van der Waals surface area contributed by atoms with Gasteiger partial charge in [-0.25, -0.2) is 9.02 Å². The lowest BCUT2D eigenvalue weighted by Gasteiger charge is -2.37. The van der Waals surface area contributed by atoms with Gasteiger partial charge in [0.2, 0.25) is 17.7 Å². The highest BCUT2D eigenvalue weighted by atomic mass is 19.1. The van der Waals surface area contributed by atoms with Gasteiger partial charge < -0.3 is 25.8 Å². The highest BCUT2D eigenvalue weighted by Crippen LogP contribution is 2.34. The van der Waals surface area contributed by atoms with Crippen molar-refractivity contribution in [3.05, 3.63) is 41.0 Å². The summed E-state index contributed by atoms with van der Waals surface area (Å²) in [7, 11) is 1.99. The zero-order valence-corrected chi connectivity index (χ0v) is 27.7. The fourth-order valence-electron chi connectivity index (χ4n) is 6.37. The highest BCUT2D eigenvalue weighted by Gasteiger charge is 2.44. The monoisotopic (exact) mass is 641 g/mol. The predicted octanol–water partition coefficient (Wildman–Crippen LogP) is 3.64. The second-order valence-corrected chi connectivity index (χ2v) is 12.8. The molecule has 2 heterocycles. The Kier molecular flexibility index (Phi) is 11.9. The van der Waals surface area contributed by atoms with Crippen LogP contribution >= 0.6 is 0 Å². The van der Waals surface area contributed by atoms with Gasteiger partial charge >= 0.3 is 0 Å². The van der Waals surface area contributed by atoms with E-state index in [2.05, 4.69) is 31.2 Å². The first-order chi connectivity index (χ1) is 22.0. The van der Waals surface area contributed by atoms with Gasteiger partial charge in [0.15, 0.2) is 5.69 Å². The molecule has 4 rings (SSSR count). The number of anilines is 1. The SMILES string of the molecule is CCC(=O)N[C@@H](C(=O)N1CCN(C)CC1)[C@@H](C)c1ccc(NC(=O)[C@](C)(NC(=O)c2nonc2CC)C2CCCCCC2)c(F)c1. The van der Waals surface area contributed by atoms with Crippen LogP contribution in [0, 0.1) is 11.7 Å². The predicted molar refractivity (Wildman–Crippen MR) is 170 cm³/mol. The molecule has 252 valence electrons. The summed E-state index contributed by atoms with van der Waals surface area (Å²) < 4.78 is 20.5. The number of nitrogens with zero attached hydrogens (tertiary/aromatic N) is 4. The molecule has 2 fully saturated rings. The van der Waals surface area contributed by atoms with E-state index in [1.165, 1.54) is 12.1 Å². The Labute approximate surface area is 270 Å². The summed E-state index contributed by atoms with van der Waals surface area (Å²) in [5, 5.41) is 16.0. The van der Waals surface area contributed by atoms with E-state index in [1.807, 2.05) is 14.0 Å². The first-order valence-electron chi connectivity index (χ1n) is 16.5. The molecule has 1 aliphatic carbocycles. The molecule has 1 aromatic heterocycles. The molecule has 0 spiro atoms. The molecule has 2 aromatic rings. The van der Waals surface area contributed by atoms with Crippen LogP contribution in [-0.4, -0.2) is 88.5 Å². The normalized spacial score (nSPS) is 19.0. The summed E-state index contributed by atoms with van der Waals surface area (Å²) in [6, 6.07) is 3.54. The molecule has 1 aromatic carbocycles. The molecule has 1 saturated heterocycles. The number of carbonyl (C=O) groups excluding carboxylic acids is 4. The number of rotatable bonds is 11. The lowest BCUT2D eigenvalue weighted by atomic mass is 9.79. The van der Waals surface area contributed by atoms with E-state index < -0.39 is 35.1 Å². The topological polar surface area (TPSA) is 150 Å². The minimum absolute atomic E-state index is 0.0236. The van der Waals surface area contributed by atoms with Crippen molar-refractivity contribution in [1.82, 2.24) is 30.7 Å². The molecular formula is C33H48FN7O5. The van der Waals surface area contributed by atoms with Crippen molar-refractivity contribution in [2.75, 3.05) is 38.5 Å². The van der Waals surface area contributed by atoms with E-state index in [1.54, 1.807) is 31.7 Å². The Morgan fingerprint density at radius 3 is 2.33 bits per heavy atom. The number of piperazine rings is 1. The number of hydrogen-bond donors (Lipinski definition) is 3. The van der Waals surface area contributed by atoms with Gasteiger partial charge in [-0.05, 0) is 62.0 Å². The van der Waals surface area contributed by atoms with Gasteiger partial charge in [-0.3, -0.25) is 19.2 Å². The average Bonchev–Trinajstić information content (AvgIpc) is 3.37. The molecule has 3 atom stereocenters. The number of aryl methyl sites for hydroxylation is 1. The summed E-state index contributed by atoms with van der Waals surface area (Å²) in [6.45, 7) is 9.54. The van der Waals surface area contributed by atoms with Crippen molar-refractivity contribution in [3.63, 3.8) is 0 Å². The van der Waals surface area contributed by atoms with Crippen LogP contribution in [0.2, 0.25) is 0 Å². The minimum Gasteiger partial charge on any atom is -0.344 e. The Bertz CT molecular complexity index is 1380. The van der Waals surface area contributed by atoms with E-state index in [0.29, 0.717) is 30.8 Å². The summed E-state index contributed by atoms with van der Waals surface area (Å²) in [5.74, 6) is -3.00. The number of halogens is 1. The maximum absolute atomic E-state index is 15.7. The number of aromatic nitrogens is 2. The Balaban J connectivity index is 1.56. The molecular weight excluding hydrogens is 593 g/mol. The molecule has 4 amide bonds. The second kappa shape index (κ2) is 15.6. The largest absolute Gasteiger partial charge is 0.344 e. The first-order valence-corrected chi connectivity index (χ1v) is 16.5. The third-order valence-electron chi connectivity index (χ3n) is 9.61. The zero-order chi connectivity index (χ0) is 33.4. The lowest BCUT2D eigenvalue weighted by molar-refractivity contribution is -0.138. The van der Waals surface area contributed by atoms with Crippen molar-refractivity contribution in [3.8, 4) is 0 Å². The molecule has 1 saturated carbocycles. The molecule has 2 aliphatic rings. The summed E-state index contributed by atoms with van der Waals surface area (Å²) in [6.07, 6.45) is 6.01. The van der Waals surface area contributed by atoms with Gasteiger partial charge in [0.25, 0.3) is 5.91 Å². The van der Waals surface area contributed by atoms with Crippen LogP contribution in [-0.2, 0) is 20.8 Å². The van der Waals surface area contributed by atoms with Gasteiger partial charge in [0, 0.05) is 38.5 Å². The third-order valence-corrected chi connectivity index (χ3v) is 9.61. The zero-order valence-electron chi connectivity index (χ0n) is 27.7. The van der Waals surface area contributed by atoms with Crippen LogP contribution in [0.25, 0.3) is 0 Å². The number of carbonyl (C=O) groups is 4. The van der Waals surface area contributed by atoms with Gasteiger partial charge in [-0.15, -0.1) is 0 Å². The maximum Gasteiger partial charge on any atom is 0.276 e. The maximum atomic E-state index is 15.7. The quantitative estimate of drug-likeness (QED) is 0.315. The van der Waals surface area contributed by atoms with Crippen molar-refractivity contribution in [2.45, 2.75) is 96.6 Å². The van der Waals surface area contributed by atoms with Gasteiger partial charge in [-0.2, -0.15) is 0 Å². The van der Waals surface area contributed by atoms with E-state index >= 15 is 4.39 Å². The van der Waals surface area contributed by atoms with Gasteiger partial charge in [0.1, 0.15) is 23.1 Å². The average molecular weight is 642 g/mol. The Morgan fingerprint density at radius 2 is 1.72 bits per heavy atom. The molecule has 13 heteroatoms. The number of nitrogens with one attached hydrogen (secondary N) is 3. The van der Waals surface area contributed by atoms with Crippen molar-refractivity contribution in [1.29, 1.82) is 0 Å². The fraction of sp³-hybridized carbons (Fsp3) is 0.636. The van der Waals surface area contributed by atoms with Crippen LogP contribution in [0.15, 0.2) is 22.8 Å². The molecule has 1 aliphatic heterocycles. The third kappa shape index (κ3) is 8.09. The van der Waals surface area contributed by atoms with Crippen LogP contribution in [0.3, 0.4) is 0 Å². The molecule has 12 nitrogen and oxygen atoms in total. The molecule has 0 radical (unpaired) electrons. The summed E-state index contributed by atoms with van der Waals surface area (Å²) in [4.78, 5) is 57.2. The summed E-state index contributed by atoms with van der Waals surface area (Å²) >= 11 is 0. The van der Waals surface area contributed by atoms with E-state index in [0.717, 1.165) is 51.6 Å². The van der Waals surface area contributed by atoms with E-state index in [4.69, 9.17) is 4.63 Å². The smallest absolute Gasteiger partial charge is 0.276 e.